The third-order valence-corrected chi connectivity index (χ3v) is 2.54. The molecule has 0 aromatic rings. The van der Waals surface area contributed by atoms with E-state index in [1.807, 2.05) is 4.90 Å². The molecule has 0 aromatic carbocycles. The predicted octanol–water partition coefficient (Wildman–Crippen LogP) is 1.34. The lowest BCUT2D eigenvalue weighted by atomic mass is 9.95. The van der Waals surface area contributed by atoms with Crippen molar-refractivity contribution in [2.75, 3.05) is 19.6 Å². The summed E-state index contributed by atoms with van der Waals surface area (Å²) in [6, 6.07) is 0. The minimum Gasteiger partial charge on any atom is -0.392 e. The maximum atomic E-state index is 13.0. The minimum atomic E-state index is -2.52. The third-order valence-electron chi connectivity index (χ3n) is 2.54. The van der Waals surface area contributed by atoms with E-state index in [1.165, 1.54) is 0 Å². The molecule has 13 heavy (non-hydrogen) atoms. The van der Waals surface area contributed by atoms with E-state index < -0.39 is 17.9 Å². The van der Waals surface area contributed by atoms with Crippen LogP contribution < -0.4 is 0 Å². The summed E-state index contributed by atoms with van der Waals surface area (Å²) in [6.07, 6.45) is -0.514. The fourth-order valence-electron chi connectivity index (χ4n) is 1.71. The summed E-state index contributed by atoms with van der Waals surface area (Å²) in [5.74, 6) is -3.12. The van der Waals surface area contributed by atoms with E-state index in [2.05, 4.69) is 0 Å². The summed E-state index contributed by atoms with van der Waals surface area (Å²) >= 11 is 0. The molecular weight excluding hydrogens is 176 g/mol. The van der Waals surface area contributed by atoms with Crippen molar-refractivity contribution in [1.29, 1.82) is 0 Å². The molecule has 1 aliphatic rings. The second kappa shape index (κ2) is 3.88. The Bertz CT molecular complexity index is 173. The van der Waals surface area contributed by atoms with E-state index >= 15 is 0 Å². The van der Waals surface area contributed by atoms with Crippen LogP contribution in [0.25, 0.3) is 0 Å². The second-order valence-corrected chi connectivity index (χ2v) is 4.02. The van der Waals surface area contributed by atoms with Gasteiger partial charge in [0.05, 0.1) is 6.10 Å². The molecule has 0 spiro atoms. The van der Waals surface area contributed by atoms with Gasteiger partial charge in [-0.2, -0.15) is 0 Å². The van der Waals surface area contributed by atoms with Gasteiger partial charge in [0.2, 0.25) is 0 Å². The van der Waals surface area contributed by atoms with Crippen LogP contribution in [0.2, 0.25) is 0 Å². The van der Waals surface area contributed by atoms with Crippen LogP contribution in [0.15, 0.2) is 0 Å². The van der Waals surface area contributed by atoms with E-state index in [1.54, 1.807) is 13.8 Å². The molecule has 1 unspecified atom stereocenters. The largest absolute Gasteiger partial charge is 0.392 e. The van der Waals surface area contributed by atoms with Gasteiger partial charge in [0.1, 0.15) is 0 Å². The number of hydrogen-bond donors (Lipinski definition) is 1. The molecule has 1 fully saturated rings. The van der Waals surface area contributed by atoms with Crippen LogP contribution in [0.5, 0.6) is 0 Å². The molecule has 1 heterocycles. The van der Waals surface area contributed by atoms with Crippen LogP contribution in [0.3, 0.4) is 0 Å². The zero-order valence-corrected chi connectivity index (χ0v) is 8.13. The summed E-state index contributed by atoms with van der Waals surface area (Å²) in [5.41, 5.74) is 0. The van der Waals surface area contributed by atoms with Gasteiger partial charge in [0.15, 0.2) is 0 Å². The Hall–Kier alpha value is -0.220. The Morgan fingerprint density at radius 3 is 2.69 bits per heavy atom. The fraction of sp³-hybridized carbons (Fsp3) is 1.00. The molecule has 0 amide bonds. The number of piperidine rings is 1. The molecular formula is C9H17F2NO. The van der Waals surface area contributed by atoms with Crippen molar-refractivity contribution in [3.8, 4) is 0 Å². The SMILES string of the molecule is CC1CN(C[C@H](C)O)CCC1(F)F. The van der Waals surface area contributed by atoms with E-state index in [9.17, 15) is 8.78 Å². The summed E-state index contributed by atoms with van der Waals surface area (Å²) in [5, 5.41) is 9.09. The molecule has 78 valence electrons. The molecule has 2 nitrogen and oxygen atoms in total. The van der Waals surface area contributed by atoms with Crippen LogP contribution in [-0.2, 0) is 0 Å². The first-order chi connectivity index (χ1) is 5.92. The quantitative estimate of drug-likeness (QED) is 0.715. The molecule has 1 saturated heterocycles. The lowest BCUT2D eigenvalue weighted by molar-refractivity contribution is -0.103. The first-order valence-electron chi connectivity index (χ1n) is 4.70. The number of aliphatic hydroxyl groups is 1. The first kappa shape index (κ1) is 10.9. The first-order valence-corrected chi connectivity index (χ1v) is 4.70. The number of β-amino-alcohol motifs (C(OH)–C–C–N with tert-alkyl or cyclic N) is 1. The van der Waals surface area contributed by atoms with Gasteiger partial charge < -0.3 is 10.0 Å². The van der Waals surface area contributed by atoms with Crippen molar-refractivity contribution in [1.82, 2.24) is 4.90 Å². The Kier molecular flexibility index (Phi) is 3.24. The summed E-state index contributed by atoms with van der Waals surface area (Å²) in [4.78, 5) is 1.90. The standard InChI is InChI=1S/C9H17F2NO/c1-7-5-12(6-8(2)13)4-3-9(7,10)11/h7-8,13H,3-6H2,1-2H3/t7?,8-/m0/s1. The molecule has 4 heteroatoms. The zero-order valence-electron chi connectivity index (χ0n) is 8.13. The van der Waals surface area contributed by atoms with E-state index in [-0.39, 0.29) is 6.42 Å². The number of halogens is 2. The molecule has 1 N–H and O–H groups in total. The monoisotopic (exact) mass is 193 g/mol. The average Bonchev–Trinajstić information content (AvgIpc) is 1.97. The highest BCUT2D eigenvalue weighted by molar-refractivity contribution is 4.83. The fourth-order valence-corrected chi connectivity index (χ4v) is 1.71. The van der Waals surface area contributed by atoms with Gasteiger partial charge >= 0.3 is 0 Å². The molecule has 1 rings (SSSR count). The topological polar surface area (TPSA) is 23.5 Å². The molecule has 2 atom stereocenters. The molecule has 0 aliphatic carbocycles. The van der Waals surface area contributed by atoms with Crippen LogP contribution in [0, 0.1) is 5.92 Å². The van der Waals surface area contributed by atoms with Crippen LogP contribution >= 0.6 is 0 Å². The highest BCUT2D eigenvalue weighted by Crippen LogP contribution is 2.32. The van der Waals surface area contributed by atoms with E-state index in [0.717, 1.165) is 0 Å². The van der Waals surface area contributed by atoms with E-state index in [4.69, 9.17) is 5.11 Å². The Balaban J connectivity index is 2.42. The Morgan fingerprint density at radius 1 is 1.62 bits per heavy atom. The number of aliphatic hydroxyl groups excluding tert-OH is 1. The van der Waals surface area contributed by atoms with Gasteiger partial charge in [-0.1, -0.05) is 6.92 Å². The highest BCUT2D eigenvalue weighted by atomic mass is 19.3. The minimum absolute atomic E-state index is 0.0825. The Morgan fingerprint density at radius 2 is 2.23 bits per heavy atom. The molecule has 0 radical (unpaired) electrons. The van der Waals surface area contributed by atoms with Gasteiger partial charge in [0.25, 0.3) is 5.92 Å². The number of rotatable bonds is 2. The number of likely N-dealkylation sites (tertiary alicyclic amines) is 1. The van der Waals surface area contributed by atoms with Gasteiger partial charge in [-0.25, -0.2) is 8.78 Å². The molecule has 0 bridgehead atoms. The summed E-state index contributed by atoms with van der Waals surface area (Å²) in [7, 11) is 0. The zero-order chi connectivity index (χ0) is 10.1. The van der Waals surface area contributed by atoms with Gasteiger partial charge in [-0.15, -0.1) is 0 Å². The van der Waals surface area contributed by atoms with Crippen LogP contribution in [-0.4, -0.2) is 41.7 Å². The third kappa shape index (κ3) is 2.88. The molecule has 1 aliphatic heterocycles. The highest BCUT2D eigenvalue weighted by Gasteiger charge is 2.40. The van der Waals surface area contributed by atoms with E-state index in [0.29, 0.717) is 19.6 Å². The maximum absolute atomic E-state index is 13.0. The van der Waals surface area contributed by atoms with Crippen molar-refractivity contribution < 1.29 is 13.9 Å². The lowest BCUT2D eigenvalue weighted by Crippen LogP contribution is -2.47. The molecule has 0 saturated carbocycles. The molecule has 0 aromatic heterocycles. The van der Waals surface area contributed by atoms with Crippen molar-refractivity contribution >= 4 is 0 Å². The average molecular weight is 193 g/mol. The lowest BCUT2D eigenvalue weighted by Gasteiger charge is -2.37. The number of hydrogen-bond acceptors (Lipinski definition) is 2. The van der Waals surface area contributed by atoms with Gasteiger partial charge in [-0.3, -0.25) is 0 Å². The maximum Gasteiger partial charge on any atom is 0.253 e. The van der Waals surface area contributed by atoms with Crippen molar-refractivity contribution in [3.63, 3.8) is 0 Å². The summed E-state index contributed by atoms with van der Waals surface area (Å²) < 4.78 is 26.0. The predicted molar refractivity (Wildman–Crippen MR) is 46.8 cm³/mol. The Labute approximate surface area is 77.5 Å². The smallest absolute Gasteiger partial charge is 0.253 e. The number of nitrogens with zero attached hydrogens (tertiary/aromatic N) is 1. The van der Waals surface area contributed by atoms with Crippen molar-refractivity contribution in [2.45, 2.75) is 32.3 Å². The van der Waals surface area contributed by atoms with Crippen molar-refractivity contribution in [2.24, 2.45) is 5.92 Å². The second-order valence-electron chi connectivity index (χ2n) is 4.02. The van der Waals surface area contributed by atoms with Gasteiger partial charge in [-0.05, 0) is 6.92 Å². The normalized spacial score (nSPS) is 31.6. The van der Waals surface area contributed by atoms with Crippen LogP contribution in [0.4, 0.5) is 8.78 Å². The summed E-state index contributed by atoms with van der Waals surface area (Å²) in [6.45, 7) is 4.52. The van der Waals surface area contributed by atoms with Crippen LogP contribution in [0.1, 0.15) is 20.3 Å². The van der Waals surface area contributed by atoms with Gasteiger partial charge in [0, 0.05) is 32.0 Å². The number of alkyl halides is 2. The van der Waals surface area contributed by atoms with Crippen molar-refractivity contribution in [3.05, 3.63) is 0 Å².